The van der Waals surface area contributed by atoms with E-state index < -0.39 is 10.0 Å². The fourth-order valence-electron chi connectivity index (χ4n) is 3.14. The summed E-state index contributed by atoms with van der Waals surface area (Å²) in [6.45, 7) is 4.71. The minimum Gasteiger partial charge on any atom is -0.351 e. The topological polar surface area (TPSA) is 87.3 Å². The van der Waals surface area contributed by atoms with Crippen molar-refractivity contribution in [1.29, 1.82) is 0 Å². The second-order valence-corrected chi connectivity index (χ2v) is 8.93. The maximum Gasteiger partial charge on any atom is 0.261 e. The number of halogens is 1. The molecule has 0 bridgehead atoms. The van der Waals surface area contributed by atoms with E-state index in [1.807, 2.05) is 0 Å². The maximum absolute atomic E-state index is 12.5. The zero-order chi connectivity index (χ0) is 19.3. The number of benzene rings is 2. The second kappa shape index (κ2) is 9.41. The number of nitrogens with one attached hydrogen (secondary N) is 3. The quantitative estimate of drug-likeness (QED) is 0.666. The smallest absolute Gasteiger partial charge is 0.261 e. The molecule has 2 aromatic rings. The van der Waals surface area contributed by atoms with Crippen molar-refractivity contribution < 1.29 is 13.2 Å². The van der Waals surface area contributed by atoms with Crippen molar-refractivity contribution in [2.75, 3.05) is 24.4 Å². The standard InChI is InChI=1S/C20H25N3O3S.ClH/c1-20(10-12-21-13-11-20)15-22-19(24)16-6-5-7-17(14-16)23-27(25,26)18-8-3-2-4-9-18;/h2-9,14,21,23H,10-13,15H2,1H3,(H,22,24);1H. The van der Waals surface area contributed by atoms with Gasteiger partial charge in [0.05, 0.1) is 4.90 Å². The number of anilines is 1. The highest BCUT2D eigenvalue weighted by Crippen LogP contribution is 2.27. The first kappa shape index (κ1) is 22.2. The molecular weight excluding hydrogens is 398 g/mol. The molecule has 1 fully saturated rings. The molecule has 3 rings (SSSR count). The summed E-state index contributed by atoms with van der Waals surface area (Å²) in [5.41, 5.74) is 0.883. The Labute approximate surface area is 172 Å². The zero-order valence-electron chi connectivity index (χ0n) is 15.8. The molecule has 2 aromatic carbocycles. The average molecular weight is 424 g/mol. The number of hydrogen-bond acceptors (Lipinski definition) is 4. The molecule has 1 amide bonds. The molecule has 28 heavy (non-hydrogen) atoms. The Morgan fingerprint density at radius 3 is 2.43 bits per heavy atom. The van der Waals surface area contributed by atoms with Crippen molar-refractivity contribution in [2.24, 2.45) is 5.41 Å². The fourth-order valence-corrected chi connectivity index (χ4v) is 4.21. The summed E-state index contributed by atoms with van der Waals surface area (Å²) in [5.74, 6) is -0.199. The van der Waals surface area contributed by atoms with E-state index >= 15 is 0 Å². The molecule has 1 aliphatic heterocycles. The van der Waals surface area contributed by atoms with Gasteiger partial charge in [0.15, 0.2) is 0 Å². The van der Waals surface area contributed by atoms with Crippen molar-refractivity contribution in [3.63, 3.8) is 0 Å². The van der Waals surface area contributed by atoms with Crippen molar-refractivity contribution in [1.82, 2.24) is 10.6 Å². The number of piperidine rings is 1. The van der Waals surface area contributed by atoms with Crippen LogP contribution in [0, 0.1) is 5.41 Å². The van der Waals surface area contributed by atoms with Gasteiger partial charge in [-0.15, -0.1) is 12.4 Å². The number of hydrogen-bond donors (Lipinski definition) is 3. The van der Waals surface area contributed by atoms with Gasteiger partial charge in [0.1, 0.15) is 0 Å². The summed E-state index contributed by atoms with van der Waals surface area (Å²) in [6.07, 6.45) is 2.04. The predicted octanol–water partition coefficient (Wildman–Crippen LogP) is 3.03. The molecule has 1 aliphatic rings. The Morgan fingerprint density at radius 1 is 1.07 bits per heavy atom. The summed E-state index contributed by atoms with van der Waals surface area (Å²) >= 11 is 0. The molecule has 0 spiro atoms. The summed E-state index contributed by atoms with van der Waals surface area (Å²) in [7, 11) is -3.68. The Bertz CT molecular complexity index is 898. The van der Waals surface area contributed by atoms with E-state index in [0.29, 0.717) is 17.8 Å². The van der Waals surface area contributed by atoms with Crippen LogP contribution >= 0.6 is 12.4 Å². The van der Waals surface area contributed by atoms with Crippen LogP contribution in [0.1, 0.15) is 30.1 Å². The molecule has 0 radical (unpaired) electrons. The first-order valence-corrected chi connectivity index (χ1v) is 10.5. The lowest BCUT2D eigenvalue weighted by Crippen LogP contribution is -2.42. The van der Waals surface area contributed by atoms with Crippen LogP contribution in [-0.2, 0) is 10.0 Å². The third-order valence-electron chi connectivity index (χ3n) is 4.92. The van der Waals surface area contributed by atoms with Crippen LogP contribution in [-0.4, -0.2) is 34.0 Å². The number of rotatable bonds is 6. The highest BCUT2D eigenvalue weighted by Gasteiger charge is 2.27. The van der Waals surface area contributed by atoms with Crippen LogP contribution < -0.4 is 15.4 Å². The molecule has 6 nitrogen and oxygen atoms in total. The number of carbonyl (C=O) groups excluding carboxylic acids is 1. The highest BCUT2D eigenvalue weighted by atomic mass is 35.5. The lowest BCUT2D eigenvalue weighted by atomic mass is 9.81. The van der Waals surface area contributed by atoms with Crippen LogP contribution in [0.25, 0.3) is 0 Å². The first-order chi connectivity index (χ1) is 12.9. The Balaban J connectivity index is 0.00000280. The summed E-state index contributed by atoms with van der Waals surface area (Å²) in [6, 6.07) is 14.7. The van der Waals surface area contributed by atoms with Gasteiger partial charge in [-0.1, -0.05) is 31.2 Å². The summed E-state index contributed by atoms with van der Waals surface area (Å²) in [5, 5.41) is 6.31. The lowest BCUT2D eigenvalue weighted by Gasteiger charge is -2.34. The molecule has 1 saturated heterocycles. The first-order valence-electron chi connectivity index (χ1n) is 9.05. The third-order valence-corrected chi connectivity index (χ3v) is 6.31. The van der Waals surface area contributed by atoms with Crippen LogP contribution in [0.2, 0.25) is 0 Å². The molecule has 0 aromatic heterocycles. The predicted molar refractivity (Wildman–Crippen MR) is 113 cm³/mol. The van der Waals surface area contributed by atoms with E-state index in [1.54, 1.807) is 42.5 Å². The average Bonchev–Trinajstić information content (AvgIpc) is 2.67. The molecular formula is C20H26ClN3O3S. The summed E-state index contributed by atoms with van der Waals surface area (Å²) in [4.78, 5) is 12.7. The van der Waals surface area contributed by atoms with Crippen molar-refractivity contribution in [3.05, 3.63) is 60.2 Å². The number of sulfonamides is 1. The van der Waals surface area contributed by atoms with Gasteiger partial charge in [0, 0.05) is 17.8 Å². The van der Waals surface area contributed by atoms with Gasteiger partial charge in [-0.05, 0) is 61.7 Å². The SMILES string of the molecule is CC1(CNC(=O)c2cccc(NS(=O)(=O)c3ccccc3)c2)CCNCC1.Cl. The zero-order valence-corrected chi connectivity index (χ0v) is 17.4. The van der Waals surface area contributed by atoms with E-state index in [9.17, 15) is 13.2 Å². The van der Waals surface area contributed by atoms with E-state index in [-0.39, 0.29) is 28.6 Å². The van der Waals surface area contributed by atoms with Crippen LogP contribution in [0.3, 0.4) is 0 Å². The highest BCUT2D eigenvalue weighted by molar-refractivity contribution is 7.92. The maximum atomic E-state index is 12.5. The monoisotopic (exact) mass is 423 g/mol. The molecule has 1 heterocycles. The third kappa shape index (κ3) is 5.70. The van der Waals surface area contributed by atoms with Gasteiger partial charge in [-0.25, -0.2) is 8.42 Å². The van der Waals surface area contributed by atoms with E-state index in [0.717, 1.165) is 25.9 Å². The van der Waals surface area contributed by atoms with Gasteiger partial charge in [0.2, 0.25) is 0 Å². The van der Waals surface area contributed by atoms with Crippen LogP contribution in [0.5, 0.6) is 0 Å². The molecule has 152 valence electrons. The van der Waals surface area contributed by atoms with E-state index in [2.05, 4.69) is 22.3 Å². The van der Waals surface area contributed by atoms with Crippen LogP contribution in [0.4, 0.5) is 5.69 Å². The van der Waals surface area contributed by atoms with Gasteiger partial charge in [-0.3, -0.25) is 9.52 Å². The Morgan fingerprint density at radius 2 is 1.75 bits per heavy atom. The fraction of sp³-hybridized carbons (Fsp3) is 0.350. The molecule has 0 saturated carbocycles. The number of amides is 1. The van der Waals surface area contributed by atoms with E-state index in [4.69, 9.17) is 0 Å². The molecule has 8 heteroatoms. The molecule has 0 aliphatic carbocycles. The largest absolute Gasteiger partial charge is 0.351 e. The van der Waals surface area contributed by atoms with Gasteiger partial charge < -0.3 is 10.6 Å². The minimum atomic E-state index is -3.68. The van der Waals surface area contributed by atoms with Gasteiger partial charge >= 0.3 is 0 Å². The van der Waals surface area contributed by atoms with E-state index in [1.165, 1.54) is 12.1 Å². The lowest BCUT2D eigenvalue weighted by molar-refractivity contribution is 0.0922. The van der Waals surface area contributed by atoms with Gasteiger partial charge in [0.25, 0.3) is 15.9 Å². The van der Waals surface area contributed by atoms with Crippen molar-refractivity contribution in [3.8, 4) is 0 Å². The molecule has 0 atom stereocenters. The molecule has 0 unspecified atom stereocenters. The minimum absolute atomic E-state index is 0. The summed E-state index contributed by atoms with van der Waals surface area (Å²) < 4.78 is 27.4. The number of carbonyl (C=O) groups is 1. The Kier molecular flexibility index (Phi) is 7.46. The second-order valence-electron chi connectivity index (χ2n) is 7.24. The van der Waals surface area contributed by atoms with Crippen LogP contribution in [0.15, 0.2) is 59.5 Å². The van der Waals surface area contributed by atoms with Gasteiger partial charge in [-0.2, -0.15) is 0 Å². The van der Waals surface area contributed by atoms with Crippen molar-refractivity contribution in [2.45, 2.75) is 24.7 Å². The Hall–Kier alpha value is -2.09. The van der Waals surface area contributed by atoms with Crippen molar-refractivity contribution >= 4 is 34.0 Å². The normalized spacial score (nSPS) is 15.9. The molecule has 3 N–H and O–H groups in total.